The third-order valence-electron chi connectivity index (χ3n) is 4.49. The second-order valence-electron chi connectivity index (χ2n) is 6.07. The van der Waals surface area contributed by atoms with Crippen LogP contribution >= 0.6 is 0 Å². The Hall–Kier alpha value is -3.06. The van der Waals surface area contributed by atoms with Gasteiger partial charge in [-0.1, -0.05) is 66.7 Å². The van der Waals surface area contributed by atoms with E-state index in [1.807, 2.05) is 12.1 Å². The van der Waals surface area contributed by atoms with Crippen LogP contribution in [0.25, 0.3) is 0 Å². The van der Waals surface area contributed by atoms with Crippen LogP contribution in [-0.4, -0.2) is 0 Å². The Morgan fingerprint density at radius 2 is 1.36 bits per heavy atom. The molecule has 0 saturated carbocycles. The van der Waals surface area contributed by atoms with E-state index in [0.717, 1.165) is 17.8 Å². The van der Waals surface area contributed by atoms with E-state index in [-0.39, 0.29) is 0 Å². The zero-order chi connectivity index (χ0) is 16.9. The average Bonchev–Trinajstić information content (AvgIpc) is 2.71. The number of anilines is 2. The fourth-order valence-electron chi connectivity index (χ4n) is 3.31. The normalized spacial score (nSPS) is 16.3. The van der Waals surface area contributed by atoms with Crippen molar-refractivity contribution in [2.24, 2.45) is 0 Å². The van der Waals surface area contributed by atoms with Crippen molar-refractivity contribution in [1.29, 1.82) is 0 Å². The fourth-order valence-corrected chi connectivity index (χ4v) is 3.31. The van der Waals surface area contributed by atoms with Crippen LogP contribution in [0.2, 0.25) is 0 Å². The van der Waals surface area contributed by atoms with Gasteiger partial charge in [-0.25, -0.2) is 0 Å². The number of para-hydroxylation sites is 2. The summed E-state index contributed by atoms with van der Waals surface area (Å²) in [6.07, 6.45) is 8.51. The maximum atomic E-state index is 3.32. The SMILES string of the molecule is [C]1=CCC(c2cc[c]cc2)C(N(c2ccccc2)c2ccccc2)=C1. The zero-order valence-corrected chi connectivity index (χ0v) is 14.0. The van der Waals surface area contributed by atoms with Crippen molar-refractivity contribution in [2.45, 2.75) is 12.3 Å². The van der Waals surface area contributed by atoms with Crippen molar-refractivity contribution >= 4 is 11.4 Å². The Labute approximate surface area is 149 Å². The van der Waals surface area contributed by atoms with Crippen LogP contribution in [-0.2, 0) is 0 Å². The first-order valence-electron chi connectivity index (χ1n) is 8.57. The number of rotatable bonds is 4. The smallest absolute Gasteiger partial charge is 0.0458 e. The molecule has 1 heteroatoms. The van der Waals surface area contributed by atoms with Crippen LogP contribution in [0.5, 0.6) is 0 Å². The molecule has 25 heavy (non-hydrogen) atoms. The van der Waals surface area contributed by atoms with Gasteiger partial charge in [-0.3, -0.25) is 0 Å². The lowest BCUT2D eigenvalue weighted by Crippen LogP contribution is -2.22. The van der Waals surface area contributed by atoms with Gasteiger partial charge in [-0.2, -0.15) is 0 Å². The minimum atomic E-state index is 0.302. The van der Waals surface area contributed by atoms with Gasteiger partial charge in [0.2, 0.25) is 0 Å². The van der Waals surface area contributed by atoms with Crippen LogP contribution < -0.4 is 4.90 Å². The van der Waals surface area contributed by atoms with E-state index in [4.69, 9.17) is 0 Å². The molecule has 0 spiro atoms. The minimum absolute atomic E-state index is 0.302. The Bertz CT molecular complexity index is 824. The van der Waals surface area contributed by atoms with Crippen molar-refractivity contribution in [3.63, 3.8) is 0 Å². The van der Waals surface area contributed by atoms with Gasteiger partial charge in [0.1, 0.15) is 0 Å². The van der Waals surface area contributed by atoms with Gasteiger partial charge >= 0.3 is 0 Å². The Morgan fingerprint density at radius 3 is 1.96 bits per heavy atom. The fraction of sp³-hybridized carbons (Fsp3) is 0.0833. The van der Waals surface area contributed by atoms with Gasteiger partial charge in [0.25, 0.3) is 0 Å². The molecule has 0 heterocycles. The van der Waals surface area contributed by atoms with E-state index in [1.54, 1.807) is 0 Å². The van der Waals surface area contributed by atoms with E-state index >= 15 is 0 Å². The highest BCUT2D eigenvalue weighted by molar-refractivity contribution is 5.70. The van der Waals surface area contributed by atoms with Crippen LogP contribution in [0.15, 0.2) is 103 Å². The van der Waals surface area contributed by atoms with Crippen molar-refractivity contribution in [3.8, 4) is 0 Å². The summed E-state index contributed by atoms with van der Waals surface area (Å²) in [5.74, 6) is 0.302. The molecule has 120 valence electrons. The van der Waals surface area contributed by atoms with Crippen LogP contribution in [0.3, 0.4) is 0 Å². The lowest BCUT2D eigenvalue weighted by molar-refractivity contribution is 0.771. The van der Waals surface area contributed by atoms with Gasteiger partial charge in [-0.15, -0.1) is 0 Å². The number of hydrogen-bond donors (Lipinski definition) is 0. The molecule has 0 aromatic heterocycles. The van der Waals surface area contributed by atoms with Crippen LogP contribution in [0, 0.1) is 12.1 Å². The minimum Gasteiger partial charge on any atom is -0.314 e. The average molecular weight is 321 g/mol. The Morgan fingerprint density at radius 1 is 0.760 bits per heavy atom. The number of allylic oxidation sites excluding steroid dienone is 4. The predicted octanol–water partition coefficient (Wildman–Crippen LogP) is 6.06. The Kier molecular flexibility index (Phi) is 4.47. The van der Waals surface area contributed by atoms with Crippen LogP contribution in [0.4, 0.5) is 11.4 Å². The molecule has 1 atom stereocenters. The molecule has 1 unspecified atom stereocenters. The molecule has 3 aromatic rings. The van der Waals surface area contributed by atoms with Crippen molar-refractivity contribution < 1.29 is 0 Å². The summed E-state index contributed by atoms with van der Waals surface area (Å²) in [6.45, 7) is 0. The van der Waals surface area contributed by atoms with E-state index in [1.165, 1.54) is 11.3 Å². The third-order valence-corrected chi connectivity index (χ3v) is 4.49. The molecule has 2 radical (unpaired) electrons. The molecule has 1 aliphatic rings. The second-order valence-corrected chi connectivity index (χ2v) is 6.07. The summed E-state index contributed by atoms with van der Waals surface area (Å²) in [4.78, 5) is 2.33. The molecule has 0 fully saturated rings. The molecule has 0 aliphatic heterocycles. The zero-order valence-electron chi connectivity index (χ0n) is 14.0. The monoisotopic (exact) mass is 321 g/mol. The van der Waals surface area contributed by atoms with E-state index in [9.17, 15) is 0 Å². The predicted molar refractivity (Wildman–Crippen MR) is 104 cm³/mol. The first-order valence-corrected chi connectivity index (χ1v) is 8.57. The first kappa shape index (κ1) is 15.5. The van der Waals surface area contributed by atoms with Crippen molar-refractivity contribution in [3.05, 3.63) is 120 Å². The number of benzene rings is 3. The molecule has 1 nitrogen and oxygen atoms in total. The van der Waals surface area contributed by atoms with Crippen molar-refractivity contribution in [1.82, 2.24) is 0 Å². The van der Waals surface area contributed by atoms with E-state index < -0.39 is 0 Å². The van der Waals surface area contributed by atoms with Crippen molar-refractivity contribution in [2.75, 3.05) is 4.90 Å². The summed E-state index contributed by atoms with van der Waals surface area (Å²) >= 11 is 0. The van der Waals surface area contributed by atoms with Crippen LogP contribution in [0.1, 0.15) is 17.9 Å². The summed E-state index contributed by atoms with van der Waals surface area (Å²) < 4.78 is 0. The summed E-state index contributed by atoms with van der Waals surface area (Å²) in [7, 11) is 0. The maximum Gasteiger partial charge on any atom is 0.0458 e. The van der Waals surface area contributed by atoms with E-state index in [0.29, 0.717) is 5.92 Å². The highest BCUT2D eigenvalue weighted by atomic mass is 15.2. The lowest BCUT2D eigenvalue weighted by atomic mass is 9.88. The molecular formula is C24H19N. The summed E-state index contributed by atoms with van der Waals surface area (Å²) in [5, 5.41) is 0. The summed E-state index contributed by atoms with van der Waals surface area (Å²) in [6, 6.07) is 32.5. The molecule has 0 amide bonds. The van der Waals surface area contributed by atoms with E-state index in [2.05, 4.69) is 102 Å². The Balaban J connectivity index is 1.83. The maximum absolute atomic E-state index is 3.32. The second kappa shape index (κ2) is 7.23. The topological polar surface area (TPSA) is 3.24 Å². The first-order chi connectivity index (χ1) is 12.4. The third kappa shape index (κ3) is 3.27. The number of hydrogen-bond acceptors (Lipinski definition) is 1. The number of nitrogens with zero attached hydrogens (tertiary/aromatic N) is 1. The van der Waals surface area contributed by atoms with Gasteiger partial charge in [0.15, 0.2) is 0 Å². The highest BCUT2D eigenvalue weighted by Gasteiger charge is 2.24. The van der Waals surface area contributed by atoms with Gasteiger partial charge in [-0.05, 0) is 54.5 Å². The van der Waals surface area contributed by atoms with Gasteiger partial charge in [0.05, 0.1) is 0 Å². The summed E-state index contributed by atoms with van der Waals surface area (Å²) in [5.41, 5.74) is 4.87. The standard InChI is InChI=1S/C24H19N/c1-4-12-20(13-5-1)23-18-10-11-19-24(23)25(21-14-6-2-7-15-21)22-16-8-3-9-17-22/h2-10,12-17,19,23H,18H2. The molecule has 0 N–H and O–H groups in total. The quantitative estimate of drug-likeness (QED) is 0.565. The molecule has 1 aliphatic carbocycles. The molecular weight excluding hydrogens is 302 g/mol. The molecule has 0 saturated heterocycles. The highest BCUT2D eigenvalue weighted by Crippen LogP contribution is 2.39. The molecule has 4 rings (SSSR count). The lowest BCUT2D eigenvalue weighted by Gasteiger charge is -2.34. The van der Waals surface area contributed by atoms with Gasteiger partial charge < -0.3 is 4.90 Å². The molecule has 0 bridgehead atoms. The molecule has 3 aromatic carbocycles. The van der Waals surface area contributed by atoms with Gasteiger partial charge in [0, 0.05) is 23.0 Å². The largest absolute Gasteiger partial charge is 0.314 e.